The molecule has 1 radical (unpaired) electrons. The van der Waals surface area contributed by atoms with Crippen molar-refractivity contribution in [2.24, 2.45) is 0 Å². The smallest absolute Gasteiger partial charge is 0.293 e. The Hall–Kier alpha value is -0.605. The van der Waals surface area contributed by atoms with Gasteiger partial charge in [0.25, 0.3) is 7.41 Å². The van der Waals surface area contributed by atoms with E-state index in [1.807, 2.05) is 6.07 Å². The van der Waals surface area contributed by atoms with E-state index in [4.69, 9.17) is 0 Å². The second kappa shape index (κ2) is 4.50. The molecule has 1 heterocycles. The number of nitrogens with zero attached hydrogens (tertiary/aromatic N) is 1. The number of fused-ring (bicyclic) bond motifs is 1. The topological polar surface area (TPSA) is 20.3 Å². The van der Waals surface area contributed by atoms with Crippen LogP contribution in [0.1, 0.15) is 24.1 Å². The molecule has 77 valence electrons. The van der Waals surface area contributed by atoms with Crippen LogP contribution < -0.4 is 0 Å². The number of carbonyl (C=O) groups excluding carboxylic acids is 1. The van der Waals surface area contributed by atoms with E-state index in [0.717, 1.165) is 19.2 Å². The molecule has 1 atom stereocenters. The predicted molar refractivity (Wildman–Crippen MR) is 65.5 cm³/mol. The highest BCUT2D eigenvalue weighted by molar-refractivity contribution is 9.10. The molecule has 1 aromatic rings. The predicted octanol–water partition coefficient (Wildman–Crippen LogP) is 2.18. The zero-order valence-electron chi connectivity index (χ0n) is 8.61. The Kier molecular flexibility index (Phi) is 3.27. The molecule has 15 heavy (non-hydrogen) atoms. The zero-order valence-corrected chi connectivity index (χ0v) is 10.2. The lowest BCUT2D eigenvalue weighted by Gasteiger charge is -2.34. The summed E-state index contributed by atoms with van der Waals surface area (Å²) in [6.45, 7) is 3.04. The highest BCUT2D eigenvalue weighted by Crippen LogP contribution is 2.32. The van der Waals surface area contributed by atoms with Crippen molar-refractivity contribution < 1.29 is 4.79 Å². The van der Waals surface area contributed by atoms with E-state index in [2.05, 4.69) is 39.8 Å². The minimum Gasteiger partial charge on any atom is -0.333 e. The van der Waals surface area contributed by atoms with E-state index < -0.39 is 0 Å². The molecule has 0 fully saturated rings. The third kappa shape index (κ3) is 2.01. The van der Waals surface area contributed by atoms with Crippen molar-refractivity contribution >= 4 is 29.5 Å². The van der Waals surface area contributed by atoms with Crippen molar-refractivity contribution in [3.63, 3.8) is 0 Å². The molecule has 0 bridgehead atoms. The van der Waals surface area contributed by atoms with Gasteiger partial charge in [-0.05, 0) is 37.1 Å². The Balaban J connectivity index is 2.33. The molecule has 0 N–H and O–H groups in total. The summed E-state index contributed by atoms with van der Waals surface area (Å²) in [7, 11) is 1.63. The first kappa shape index (κ1) is 10.9. The molecular formula is C11H12BBrNO. The van der Waals surface area contributed by atoms with Gasteiger partial charge in [0.1, 0.15) is 0 Å². The molecule has 0 aliphatic carbocycles. The molecule has 0 saturated carbocycles. The van der Waals surface area contributed by atoms with Crippen LogP contribution in [0.4, 0.5) is 0 Å². The van der Waals surface area contributed by atoms with Gasteiger partial charge in [0.15, 0.2) is 0 Å². The molecule has 0 aromatic heterocycles. The Bertz CT molecular complexity index is 383. The summed E-state index contributed by atoms with van der Waals surface area (Å²) in [5.74, 6) is 0. The molecular weight excluding hydrogens is 253 g/mol. The maximum Gasteiger partial charge on any atom is 0.293 e. The molecule has 4 heteroatoms. The first-order chi connectivity index (χ1) is 7.24. The van der Waals surface area contributed by atoms with Crippen molar-refractivity contribution in [3.05, 3.63) is 33.8 Å². The molecule has 1 aromatic carbocycles. The van der Waals surface area contributed by atoms with Crippen LogP contribution in [0.5, 0.6) is 0 Å². The minimum absolute atomic E-state index is 0.288. The van der Waals surface area contributed by atoms with Crippen molar-refractivity contribution in [1.82, 2.24) is 4.81 Å². The lowest BCUT2D eigenvalue weighted by Crippen LogP contribution is -2.37. The molecule has 1 aliphatic heterocycles. The molecule has 0 amide bonds. The molecule has 1 aliphatic rings. The monoisotopic (exact) mass is 264 g/mol. The summed E-state index contributed by atoms with van der Waals surface area (Å²) in [6, 6.07) is 6.54. The van der Waals surface area contributed by atoms with Gasteiger partial charge < -0.3 is 9.61 Å². The van der Waals surface area contributed by atoms with E-state index in [9.17, 15) is 4.79 Å². The van der Waals surface area contributed by atoms with Gasteiger partial charge in [-0.3, -0.25) is 0 Å². The second-order valence-corrected chi connectivity index (χ2v) is 4.61. The number of hydrogen-bond donors (Lipinski definition) is 0. The average Bonchev–Trinajstić information content (AvgIpc) is 2.23. The van der Waals surface area contributed by atoms with E-state index in [-0.39, 0.29) is 6.04 Å². The van der Waals surface area contributed by atoms with E-state index >= 15 is 0 Å². The summed E-state index contributed by atoms with van der Waals surface area (Å²) < 4.78 is 1.18. The summed E-state index contributed by atoms with van der Waals surface area (Å²) in [5, 5.41) is 0. The van der Waals surface area contributed by atoms with Gasteiger partial charge in [-0.2, -0.15) is 0 Å². The van der Waals surface area contributed by atoms with Crippen LogP contribution in [-0.4, -0.2) is 25.0 Å². The SMILES string of the molecule is C[C@H]1c2cccc(Br)c2CCN1[B]C=O. The third-order valence-corrected chi connectivity index (χ3v) is 3.72. The third-order valence-electron chi connectivity index (χ3n) is 2.97. The van der Waals surface area contributed by atoms with Crippen LogP contribution >= 0.6 is 15.9 Å². The quantitative estimate of drug-likeness (QED) is 0.603. The summed E-state index contributed by atoms with van der Waals surface area (Å²) in [6.07, 6.45) is 1.85. The highest BCUT2D eigenvalue weighted by atomic mass is 79.9. The second-order valence-electron chi connectivity index (χ2n) is 3.76. The van der Waals surface area contributed by atoms with Gasteiger partial charge in [0, 0.05) is 10.5 Å². The van der Waals surface area contributed by atoms with Crippen molar-refractivity contribution in [1.29, 1.82) is 0 Å². The Labute approximate surface area is 99.0 Å². The number of halogens is 1. The maximum absolute atomic E-state index is 10.5. The average molecular weight is 265 g/mol. The van der Waals surface area contributed by atoms with Crippen LogP contribution in [-0.2, 0) is 11.2 Å². The highest BCUT2D eigenvalue weighted by Gasteiger charge is 2.24. The van der Waals surface area contributed by atoms with E-state index in [1.54, 1.807) is 7.41 Å². The maximum atomic E-state index is 10.5. The number of carbonyl (C=O) groups is 1. The van der Waals surface area contributed by atoms with Gasteiger partial charge in [-0.1, -0.05) is 28.1 Å². The van der Waals surface area contributed by atoms with E-state index in [1.165, 1.54) is 15.6 Å². The zero-order chi connectivity index (χ0) is 10.8. The fourth-order valence-corrected chi connectivity index (χ4v) is 2.71. The largest absolute Gasteiger partial charge is 0.333 e. The Morgan fingerprint density at radius 2 is 2.40 bits per heavy atom. The first-order valence-electron chi connectivity index (χ1n) is 5.05. The van der Waals surface area contributed by atoms with Crippen LogP contribution in [0.3, 0.4) is 0 Å². The first-order valence-corrected chi connectivity index (χ1v) is 5.85. The van der Waals surface area contributed by atoms with Crippen LogP contribution in [0, 0.1) is 0 Å². The standard InChI is InChI=1S/C11H12BBrNO/c1-8-9-3-2-4-11(13)10(9)5-6-14(8)12-7-15/h2-4,7-8H,5-6H2,1H3/t8-/m0/s1. The van der Waals surface area contributed by atoms with Gasteiger partial charge in [-0.15, -0.1) is 0 Å². The van der Waals surface area contributed by atoms with E-state index in [0.29, 0.717) is 0 Å². The van der Waals surface area contributed by atoms with Crippen molar-refractivity contribution in [2.45, 2.75) is 19.4 Å². The fourth-order valence-electron chi connectivity index (χ4n) is 2.13. The fraction of sp³-hybridized carbons (Fsp3) is 0.364. The Morgan fingerprint density at radius 1 is 1.60 bits per heavy atom. The van der Waals surface area contributed by atoms with Crippen LogP contribution in [0.15, 0.2) is 22.7 Å². The Morgan fingerprint density at radius 3 is 3.13 bits per heavy atom. The lowest BCUT2D eigenvalue weighted by molar-refractivity contribution is 0.342. The molecule has 2 nitrogen and oxygen atoms in total. The molecule has 0 saturated heterocycles. The number of hydrogen-bond acceptors (Lipinski definition) is 2. The lowest BCUT2D eigenvalue weighted by atomic mass is 9.84. The summed E-state index contributed by atoms with van der Waals surface area (Å²) >= 11 is 3.57. The normalized spacial score (nSPS) is 20.8. The summed E-state index contributed by atoms with van der Waals surface area (Å²) in [5.41, 5.74) is 2.69. The van der Waals surface area contributed by atoms with Gasteiger partial charge >= 0.3 is 0 Å². The molecule has 2 rings (SSSR count). The molecule has 0 spiro atoms. The summed E-state index contributed by atoms with van der Waals surface area (Å²) in [4.78, 5) is 12.6. The number of rotatable bonds is 2. The molecule has 0 unspecified atom stereocenters. The minimum atomic E-state index is 0.288. The number of benzene rings is 1. The van der Waals surface area contributed by atoms with Gasteiger partial charge in [0.05, 0.1) is 6.19 Å². The van der Waals surface area contributed by atoms with Crippen LogP contribution in [0.25, 0.3) is 0 Å². The van der Waals surface area contributed by atoms with Crippen LogP contribution in [0.2, 0.25) is 0 Å². The van der Waals surface area contributed by atoms with Crippen molar-refractivity contribution in [2.75, 3.05) is 6.54 Å². The van der Waals surface area contributed by atoms with Crippen molar-refractivity contribution in [3.8, 4) is 0 Å². The van der Waals surface area contributed by atoms with Gasteiger partial charge in [-0.25, -0.2) is 0 Å². The van der Waals surface area contributed by atoms with Gasteiger partial charge in [0.2, 0.25) is 0 Å².